The van der Waals surface area contributed by atoms with Gasteiger partial charge in [-0.3, -0.25) is 0 Å². The maximum Gasteiger partial charge on any atom is 0.179 e. The lowest BCUT2D eigenvalue weighted by molar-refractivity contribution is 0.00936. The van der Waals surface area contributed by atoms with Gasteiger partial charge in [-0.2, -0.15) is 5.10 Å². The average Bonchev–Trinajstić information content (AvgIpc) is 2.76. The number of ether oxygens (including phenoxy) is 1. The topological polar surface area (TPSA) is 39.9 Å². The summed E-state index contributed by atoms with van der Waals surface area (Å²) in [5, 5.41) is 4.61. The van der Waals surface area contributed by atoms with Gasteiger partial charge in [-0.15, -0.1) is 0 Å². The number of hydrogen-bond donors (Lipinski definition) is 0. The molecule has 1 saturated heterocycles. The second-order valence-electron chi connectivity index (χ2n) is 4.95. The third-order valence-corrected chi connectivity index (χ3v) is 3.63. The summed E-state index contributed by atoms with van der Waals surface area (Å²) < 4.78 is 7.82. The van der Waals surface area contributed by atoms with Crippen molar-refractivity contribution in [1.29, 1.82) is 0 Å². The van der Waals surface area contributed by atoms with Gasteiger partial charge in [0.05, 0.1) is 0 Å². The van der Waals surface area contributed by atoms with Gasteiger partial charge in [0.15, 0.2) is 5.82 Å². The molecule has 1 aromatic heterocycles. The van der Waals surface area contributed by atoms with Crippen LogP contribution in [0.1, 0.15) is 62.7 Å². The lowest BCUT2D eigenvalue weighted by Gasteiger charge is -2.19. The first kappa shape index (κ1) is 10.3. The maximum atomic E-state index is 5.74. The zero-order chi connectivity index (χ0) is 11.0. The average molecular weight is 221 g/mol. The van der Waals surface area contributed by atoms with Crippen LogP contribution in [0.4, 0.5) is 0 Å². The normalized spacial score (nSPS) is 30.1. The van der Waals surface area contributed by atoms with Crippen molar-refractivity contribution in [2.45, 2.75) is 57.6 Å². The van der Waals surface area contributed by atoms with Crippen molar-refractivity contribution in [2.24, 2.45) is 0 Å². The zero-order valence-corrected chi connectivity index (χ0v) is 9.85. The fourth-order valence-corrected chi connectivity index (χ4v) is 2.66. The molecule has 0 aromatic carbocycles. The van der Waals surface area contributed by atoms with Crippen molar-refractivity contribution < 1.29 is 4.74 Å². The monoisotopic (exact) mass is 221 g/mol. The Kier molecular flexibility index (Phi) is 2.67. The van der Waals surface area contributed by atoms with Gasteiger partial charge < -0.3 is 4.74 Å². The van der Waals surface area contributed by atoms with Crippen molar-refractivity contribution >= 4 is 0 Å². The molecule has 0 aliphatic carbocycles. The van der Waals surface area contributed by atoms with Gasteiger partial charge in [0.2, 0.25) is 0 Å². The summed E-state index contributed by atoms with van der Waals surface area (Å²) in [4.78, 5) is 4.68. The van der Waals surface area contributed by atoms with E-state index in [0.29, 0.717) is 5.92 Å². The van der Waals surface area contributed by atoms with Crippen molar-refractivity contribution in [2.75, 3.05) is 6.61 Å². The Balaban J connectivity index is 1.85. The molecule has 2 atom stereocenters. The highest BCUT2D eigenvalue weighted by Crippen LogP contribution is 2.29. The van der Waals surface area contributed by atoms with Crippen LogP contribution in [0.25, 0.3) is 0 Å². The van der Waals surface area contributed by atoms with Gasteiger partial charge in [0, 0.05) is 19.1 Å². The lowest BCUT2D eigenvalue weighted by Crippen LogP contribution is -2.15. The first-order valence-electron chi connectivity index (χ1n) is 6.41. The van der Waals surface area contributed by atoms with Crippen LogP contribution in [0.3, 0.4) is 0 Å². The fraction of sp³-hybridized carbons (Fsp3) is 0.833. The van der Waals surface area contributed by atoms with Crippen molar-refractivity contribution in [3.05, 3.63) is 11.6 Å². The number of aromatic nitrogens is 3. The third-order valence-electron chi connectivity index (χ3n) is 3.63. The van der Waals surface area contributed by atoms with Gasteiger partial charge in [-0.1, -0.05) is 6.92 Å². The van der Waals surface area contributed by atoms with Crippen LogP contribution in [0.15, 0.2) is 0 Å². The van der Waals surface area contributed by atoms with Crippen molar-refractivity contribution in [1.82, 2.24) is 14.8 Å². The molecule has 0 radical (unpaired) electrons. The summed E-state index contributed by atoms with van der Waals surface area (Å²) in [7, 11) is 0. The molecule has 0 spiro atoms. The van der Waals surface area contributed by atoms with Gasteiger partial charge in [-0.25, -0.2) is 9.67 Å². The van der Waals surface area contributed by atoms with E-state index in [-0.39, 0.29) is 6.10 Å². The van der Waals surface area contributed by atoms with E-state index in [1.807, 2.05) is 0 Å². The molecule has 0 bridgehead atoms. The number of rotatable bonds is 1. The van der Waals surface area contributed by atoms with E-state index in [4.69, 9.17) is 4.74 Å². The number of aryl methyl sites for hydroxylation is 1. The Bertz CT molecular complexity index is 368. The number of hydrogen-bond acceptors (Lipinski definition) is 3. The first-order valence-corrected chi connectivity index (χ1v) is 6.41. The fourth-order valence-electron chi connectivity index (χ4n) is 2.66. The molecule has 0 saturated carbocycles. The highest BCUT2D eigenvalue weighted by molar-refractivity contribution is 5.03. The van der Waals surface area contributed by atoms with Gasteiger partial charge in [0.25, 0.3) is 0 Å². The molecule has 4 nitrogen and oxygen atoms in total. The smallest absolute Gasteiger partial charge is 0.179 e. The second-order valence-corrected chi connectivity index (χ2v) is 4.95. The first-order chi connectivity index (χ1) is 7.84. The van der Waals surface area contributed by atoms with Gasteiger partial charge in [0.1, 0.15) is 11.9 Å². The van der Waals surface area contributed by atoms with Crippen LogP contribution in [-0.4, -0.2) is 21.4 Å². The zero-order valence-electron chi connectivity index (χ0n) is 9.85. The predicted molar refractivity (Wildman–Crippen MR) is 60.2 cm³/mol. The molecule has 3 heterocycles. The Morgan fingerprint density at radius 1 is 1.25 bits per heavy atom. The Labute approximate surface area is 96.0 Å². The molecule has 0 N–H and O–H groups in total. The largest absolute Gasteiger partial charge is 0.370 e. The lowest BCUT2D eigenvalue weighted by atomic mass is 10.0. The van der Waals surface area contributed by atoms with Crippen LogP contribution in [0.5, 0.6) is 0 Å². The molecule has 88 valence electrons. The van der Waals surface area contributed by atoms with E-state index in [0.717, 1.165) is 31.2 Å². The van der Waals surface area contributed by atoms with E-state index in [1.54, 1.807) is 0 Å². The summed E-state index contributed by atoms with van der Waals surface area (Å²) in [5.41, 5.74) is 0. The molecular formula is C12H19N3O. The molecule has 16 heavy (non-hydrogen) atoms. The summed E-state index contributed by atoms with van der Waals surface area (Å²) in [6.07, 6.45) is 6.12. The minimum Gasteiger partial charge on any atom is -0.370 e. The highest BCUT2D eigenvalue weighted by Gasteiger charge is 2.25. The summed E-state index contributed by atoms with van der Waals surface area (Å²) in [6.45, 7) is 4.13. The number of nitrogens with zero attached hydrogens (tertiary/aromatic N) is 3. The standard InChI is InChI=1S/C12H19N3O/c1-9-5-4-7-15-12(9)13-11(14-15)10-6-2-3-8-16-10/h9-10H,2-8H2,1H3. The predicted octanol–water partition coefficient (Wildman–Crippen LogP) is 2.42. The molecule has 4 heteroatoms. The van der Waals surface area contributed by atoms with Crippen LogP contribution >= 0.6 is 0 Å². The summed E-state index contributed by atoms with van der Waals surface area (Å²) in [5.74, 6) is 2.64. The second kappa shape index (κ2) is 4.17. The van der Waals surface area contributed by atoms with E-state index in [1.165, 1.54) is 25.7 Å². The van der Waals surface area contributed by atoms with E-state index < -0.39 is 0 Å². The SMILES string of the molecule is CC1CCCn2nc(C3CCCCO3)nc21. The highest BCUT2D eigenvalue weighted by atomic mass is 16.5. The summed E-state index contributed by atoms with van der Waals surface area (Å²) >= 11 is 0. The van der Waals surface area contributed by atoms with E-state index in [9.17, 15) is 0 Å². The molecule has 2 unspecified atom stereocenters. The molecule has 2 aliphatic heterocycles. The van der Waals surface area contributed by atoms with Crippen LogP contribution < -0.4 is 0 Å². The van der Waals surface area contributed by atoms with Crippen molar-refractivity contribution in [3.63, 3.8) is 0 Å². The van der Waals surface area contributed by atoms with Gasteiger partial charge >= 0.3 is 0 Å². The molecule has 2 aliphatic rings. The van der Waals surface area contributed by atoms with Crippen LogP contribution in [0, 0.1) is 0 Å². The Morgan fingerprint density at radius 2 is 2.19 bits per heavy atom. The molecule has 0 amide bonds. The van der Waals surface area contributed by atoms with E-state index in [2.05, 4.69) is 21.7 Å². The molecular weight excluding hydrogens is 202 g/mol. The summed E-state index contributed by atoms with van der Waals surface area (Å²) in [6, 6.07) is 0. The molecule has 3 rings (SSSR count). The van der Waals surface area contributed by atoms with Crippen LogP contribution in [0.2, 0.25) is 0 Å². The quantitative estimate of drug-likeness (QED) is 0.731. The Hall–Kier alpha value is -0.900. The minimum atomic E-state index is 0.152. The molecule has 1 fully saturated rings. The van der Waals surface area contributed by atoms with Crippen molar-refractivity contribution in [3.8, 4) is 0 Å². The van der Waals surface area contributed by atoms with Gasteiger partial charge in [-0.05, 0) is 32.1 Å². The maximum absolute atomic E-state index is 5.74. The van der Waals surface area contributed by atoms with Crippen LogP contribution in [-0.2, 0) is 11.3 Å². The number of fused-ring (bicyclic) bond motifs is 1. The van der Waals surface area contributed by atoms with E-state index >= 15 is 0 Å². The Morgan fingerprint density at radius 3 is 2.94 bits per heavy atom. The minimum absolute atomic E-state index is 0.152. The third kappa shape index (κ3) is 1.75. The molecule has 1 aromatic rings.